The highest BCUT2D eigenvalue weighted by Gasteiger charge is 2.01. The Bertz CT molecular complexity index is 579. The third-order valence-electron chi connectivity index (χ3n) is 2.22. The highest BCUT2D eigenvalue weighted by Crippen LogP contribution is 2.20. The lowest BCUT2D eigenvalue weighted by Crippen LogP contribution is -1.74. The molecule has 0 aliphatic heterocycles. The molecule has 0 fully saturated rings. The van der Waals surface area contributed by atoms with Crippen molar-refractivity contribution in [2.24, 2.45) is 5.11 Å². The van der Waals surface area contributed by atoms with Gasteiger partial charge in [-0.05, 0) is 29.3 Å². The maximum absolute atomic E-state index is 13.0. The number of nitrogens with one attached hydrogen (secondary N) is 1. The van der Waals surface area contributed by atoms with Gasteiger partial charge in [0, 0.05) is 28.6 Å². The summed E-state index contributed by atoms with van der Waals surface area (Å²) < 4.78 is 13.0. The van der Waals surface area contributed by atoms with E-state index in [1.807, 2.05) is 0 Å². The first kappa shape index (κ1) is 10.3. The van der Waals surface area contributed by atoms with E-state index in [-0.39, 0.29) is 5.82 Å². The van der Waals surface area contributed by atoms with Gasteiger partial charge in [-0.1, -0.05) is 17.3 Å². The van der Waals surface area contributed by atoms with Crippen molar-refractivity contribution in [3.63, 3.8) is 0 Å². The molecule has 0 spiro atoms. The highest BCUT2D eigenvalue weighted by atomic mass is 19.1. The van der Waals surface area contributed by atoms with Gasteiger partial charge in [-0.3, -0.25) is 0 Å². The van der Waals surface area contributed by atoms with E-state index in [4.69, 9.17) is 5.53 Å². The summed E-state index contributed by atoms with van der Waals surface area (Å²) in [7, 11) is 0. The lowest BCUT2D eigenvalue weighted by atomic mass is 10.1. The van der Waals surface area contributed by atoms with Gasteiger partial charge < -0.3 is 4.98 Å². The van der Waals surface area contributed by atoms with Crippen LogP contribution in [0.4, 0.5) is 4.39 Å². The van der Waals surface area contributed by atoms with Gasteiger partial charge in [0.25, 0.3) is 0 Å². The van der Waals surface area contributed by atoms with Gasteiger partial charge in [-0.15, -0.1) is 0 Å². The maximum atomic E-state index is 13.0. The first-order valence-corrected chi connectivity index (χ1v) is 4.75. The molecule has 1 N–H and O–H groups in total. The van der Waals surface area contributed by atoms with Gasteiger partial charge in [0.15, 0.2) is 0 Å². The van der Waals surface area contributed by atoms with Gasteiger partial charge in [-0.2, -0.15) is 0 Å². The molecule has 1 heterocycles. The zero-order chi connectivity index (χ0) is 11.4. The summed E-state index contributed by atoms with van der Waals surface area (Å²) in [6.45, 7) is 0.290. The minimum Gasteiger partial charge on any atom is -0.361 e. The van der Waals surface area contributed by atoms with E-state index in [1.165, 1.54) is 12.1 Å². The number of hydrogen-bond donors (Lipinski definition) is 1. The van der Waals surface area contributed by atoms with Crippen molar-refractivity contribution in [3.8, 4) is 0 Å². The van der Waals surface area contributed by atoms with E-state index in [9.17, 15) is 4.39 Å². The van der Waals surface area contributed by atoms with E-state index in [0.29, 0.717) is 6.54 Å². The second-order valence-corrected chi connectivity index (χ2v) is 3.25. The van der Waals surface area contributed by atoms with Crippen LogP contribution in [0.3, 0.4) is 0 Å². The Hall–Kier alpha value is -2.26. The van der Waals surface area contributed by atoms with Crippen LogP contribution in [0.1, 0.15) is 5.56 Å². The third kappa shape index (κ3) is 2.04. The van der Waals surface area contributed by atoms with Gasteiger partial charge in [0.2, 0.25) is 0 Å². The van der Waals surface area contributed by atoms with E-state index in [0.717, 1.165) is 16.5 Å². The molecule has 0 amide bonds. The summed E-state index contributed by atoms with van der Waals surface area (Å²) in [6, 6.07) is 4.57. The van der Waals surface area contributed by atoms with Crippen LogP contribution in [-0.2, 0) is 0 Å². The first-order valence-electron chi connectivity index (χ1n) is 4.75. The number of nitrogens with zero attached hydrogens (tertiary/aromatic N) is 3. The van der Waals surface area contributed by atoms with Crippen LogP contribution in [0.15, 0.2) is 35.6 Å². The number of azide groups is 1. The fraction of sp³-hybridized carbons (Fsp3) is 0.0909. The van der Waals surface area contributed by atoms with E-state index in [1.54, 1.807) is 24.4 Å². The van der Waals surface area contributed by atoms with Crippen molar-refractivity contribution in [2.75, 3.05) is 6.54 Å². The number of aromatic nitrogens is 1. The molecule has 2 rings (SSSR count). The van der Waals surface area contributed by atoms with Crippen LogP contribution in [0.25, 0.3) is 27.4 Å². The normalized spacial score (nSPS) is 10.8. The van der Waals surface area contributed by atoms with Crippen LogP contribution < -0.4 is 0 Å². The summed E-state index contributed by atoms with van der Waals surface area (Å²) in [6.07, 6.45) is 5.32. The number of hydrogen-bond acceptors (Lipinski definition) is 1. The molecule has 5 heteroatoms. The molecule has 0 aliphatic rings. The standard InChI is InChI=1S/C11H9FN4/c12-9-3-4-11-10(6-9)8(7-14-11)2-1-5-15-16-13/h1-4,6-7,14H,5H2. The van der Waals surface area contributed by atoms with Crippen molar-refractivity contribution in [1.82, 2.24) is 4.98 Å². The molecule has 0 aliphatic carbocycles. The van der Waals surface area contributed by atoms with Gasteiger partial charge in [-0.25, -0.2) is 4.39 Å². The van der Waals surface area contributed by atoms with Crippen LogP contribution in [0, 0.1) is 5.82 Å². The third-order valence-corrected chi connectivity index (χ3v) is 2.22. The van der Waals surface area contributed by atoms with E-state index < -0.39 is 0 Å². The second kappa shape index (κ2) is 4.51. The van der Waals surface area contributed by atoms with Crippen LogP contribution in [-0.4, -0.2) is 11.5 Å². The monoisotopic (exact) mass is 216 g/mol. The fourth-order valence-electron chi connectivity index (χ4n) is 1.52. The number of aromatic amines is 1. The average Bonchev–Trinajstić information content (AvgIpc) is 2.67. The number of H-pyrrole nitrogens is 1. The van der Waals surface area contributed by atoms with Crippen LogP contribution in [0.5, 0.6) is 0 Å². The van der Waals surface area contributed by atoms with Crippen molar-refractivity contribution in [3.05, 3.63) is 52.3 Å². The summed E-state index contributed by atoms with van der Waals surface area (Å²) in [5, 5.41) is 4.20. The Morgan fingerprint density at radius 2 is 2.38 bits per heavy atom. The van der Waals surface area contributed by atoms with Gasteiger partial charge in [0.1, 0.15) is 5.82 Å². The van der Waals surface area contributed by atoms with Gasteiger partial charge >= 0.3 is 0 Å². The van der Waals surface area contributed by atoms with E-state index in [2.05, 4.69) is 15.0 Å². The molecule has 0 atom stereocenters. The quantitative estimate of drug-likeness (QED) is 0.462. The maximum Gasteiger partial charge on any atom is 0.123 e. The van der Waals surface area contributed by atoms with Gasteiger partial charge in [0.05, 0.1) is 0 Å². The molecule has 0 saturated heterocycles. The molecular weight excluding hydrogens is 207 g/mol. The Balaban J connectivity index is 2.34. The topological polar surface area (TPSA) is 64.6 Å². The molecule has 0 unspecified atom stereocenters. The molecule has 0 bridgehead atoms. The fourth-order valence-corrected chi connectivity index (χ4v) is 1.52. The first-order chi connectivity index (χ1) is 7.81. The highest BCUT2D eigenvalue weighted by molar-refractivity contribution is 5.88. The lowest BCUT2D eigenvalue weighted by molar-refractivity contribution is 0.629. The summed E-state index contributed by atoms with van der Waals surface area (Å²) in [4.78, 5) is 5.67. The Morgan fingerprint density at radius 1 is 1.50 bits per heavy atom. The number of benzene rings is 1. The Labute approximate surface area is 91.0 Å². The predicted molar refractivity (Wildman–Crippen MR) is 61.3 cm³/mol. The number of fused-ring (bicyclic) bond motifs is 1. The predicted octanol–water partition coefficient (Wildman–Crippen LogP) is 3.63. The molecule has 4 nitrogen and oxygen atoms in total. The molecule has 1 aromatic heterocycles. The van der Waals surface area contributed by atoms with Crippen molar-refractivity contribution >= 4 is 17.0 Å². The lowest BCUT2D eigenvalue weighted by Gasteiger charge is -1.92. The molecule has 80 valence electrons. The van der Waals surface area contributed by atoms with Crippen molar-refractivity contribution in [1.29, 1.82) is 0 Å². The summed E-state index contributed by atoms with van der Waals surface area (Å²) in [5.74, 6) is -0.267. The Kier molecular flexibility index (Phi) is 2.89. The van der Waals surface area contributed by atoms with E-state index >= 15 is 0 Å². The zero-order valence-corrected chi connectivity index (χ0v) is 8.39. The molecule has 0 radical (unpaired) electrons. The minimum atomic E-state index is -0.267. The molecule has 16 heavy (non-hydrogen) atoms. The zero-order valence-electron chi connectivity index (χ0n) is 8.39. The SMILES string of the molecule is [N-]=[N+]=NCC=Cc1c[nH]c2ccc(F)cc12. The number of halogens is 1. The summed E-state index contributed by atoms with van der Waals surface area (Å²) in [5.41, 5.74) is 9.86. The van der Waals surface area contributed by atoms with Crippen molar-refractivity contribution in [2.45, 2.75) is 0 Å². The van der Waals surface area contributed by atoms with Crippen LogP contribution in [0.2, 0.25) is 0 Å². The van der Waals surface area contributed by atoms with Crippen molar-refractivity contribution < 1.29 is 4.39 Å². The Morgan fingerprint density at radius 3 is 3.19 bits per heavy atom. The molecule has 2 aromatic rings. The molecule has 0 saturated carbocycles. The largest absolute Gasteiger partial charge is 0.361 e. The second-order valence-electron chi connectivity index (χ2n) is 3.25. The minimum absolute atomic E-state index is 0.267. The smallest absolute Gasteiger partial charge is 0.123 e. The molecule has 1 aromatic carbocycles. The average molecular weight is 216 g/mol. The summed E-state index contributed by atoms with van der Waals surface area (Å²) >= 11 is 0. The van der Waals surface area contributed by atoms with Crippen LogP contribution >= 0.6 is 0 Å². The number of rotatable bonds is 3. The molecular formula is C11H9FN4.